The Morgan fingerprint density at radius 2 is 1.81 bits per heavy atom. The maximum absolute atomic E-state index is 13.7. The first-order valence-electron chi connectivity index (χ1n) is 8.79. The molecular formula is C18H21F2N5O2. The molecule has 1 aliphatic rings. The van der Waals surface area contributed by atoms with Gasteiger partial charge in [-0.15, -0.1) is 0 Å². The van der Waals surface area contributed by atoms with E-state index in [-0.39, 0.29) is 17.4 Å². The molecule has 0 atom stereocenters. The van der Waals surface area contributed by atoms with Gasteiger partial charge in [-0.05, 0) is 50.3 Å². The molecule has 1 aromatic carbocycles. The van der Waals surface area contributed by atoms with Gasteiger partial charge in [-0.2, -0.15) is 5.10 Å². The second-order valence-corrected chi connectivity index (χ2v) is 6.64. The van der Waals surface area contributed by atoms with Crippen LogP contribution >= 0.6 is 0 Å². The molecule has 1 heterocycles. The molecule has 1 fully saturated rings. The second kappa shape index (κ2) is 8.26. The Bertz CT molecular complexity index is 811. The van der Waals surface area contributed by atoms with Crippen LogP contribution in [-0.2, 0) is 0 Å². The van der Waals surface area contributed by atoms with Gasteiger partial charge in [0.2, 0.25) is 0 Å². The summed E-state index contributed by atoms with van der Waals surface area (Å²) in [6, 6.07) is 3.14. The number of hydrogen-bond acceptors (Lipinski definition) is 4. The quantitative estimate of drug-likeness (QED) is 0.640. The molecule has 1 saturated carbocycles. The molecule has 0 unspecified atom stereocenters. The summed E-state index contributed by atoms with van der Waals surface area (Å²) in [5.41, 5.74) is 5.04. The van der Waals surface area contributed by atoms with E-state index in [0.717, 1.165) is 43.9 Å². The number of carbonyl (C=O) groups is 2. The van der Waals surface area contributed by atoms with E-state index in [1.807, 2.05) is 0 Å². The van der Waals surface area contributed by atoms with E-state index in [1.54, 1.807) is 0 Å². The van der Waals surface area contributed by atoms with Crippen molar-refractivity contribution in [2.75, 3.05) is 11.9 Å². The van der Waals surface area contributed by atoms with E-state index in [2.05, 4.69) is 20.8 Å². The van der Waals surface area contributed by atoms with Gasteiger partial charge in [0.1, 0.15) is 28.6 Å². The molecule has 0 radical (unpaired) electrons. The summed E-state index contributed by atoms with van der Waals surface area (Å²) in [5, 5.41) is 11.4. The number of hydrogen-bond donors (Lipinski definition) is 4. The molecule has 0 aliphatic heterocycles. The summed E-state index contributed by atoms with van der Waals surface area (Å²) in [6.45, 7) is 0.644. The zero-order valence-corrected chi connectivity index (χ0v) is 14.6. The van der Waals surface area contributed by atoms with Crippen LogP contribution in [-0.4, -0.2) is 34.6 Å². The van der Waals surface area contributed by atoms with E-state index in [9.17, 15) is 18.4 Å². The average Bonchev–Trinajstić information content (AvgIpc) is 3.10. The summed E-state index contributed by atoms with van der Waals surface area (Å²) in [7, 11) is 0. The first kappa shape index (κ1) is 19.0. The predicted molar refractivity (Wildman–Crippen MR) is 95.2 cm³/mol. The van der Waals surface area contributed by atoms with Crippen molar-refractivity contribution in [2.45, 2.75) is 31.7 Å². The highest BCUT2D eigenvalue weighted by molar-refractivity contribution is 6.08. The summed E-state index contributed by atoms with van der Waals surface area (Å²) < 4.78 is 27.5. The third-order valence-corrected chi connectivity index (χ3v) is 4.83. The molecule has 0 bridgehead atoms. The number of aromatic nitrogens is 2. The topological polar surface area (TPSA) is 113 Å². The molecule has 5 N–H and O–H groups in total. The first-order valence-corrected chi connectivity index (χ1v) is 8.79. The van der Waals surface area contributed by atoms with E-state index in [0.29, 0.717) is 12.5 Å². The minimum Gasteiger partial charge on any atom is -0.349 e. The van der Waals surface area contributed by atoms with Gasteiger partial charge in [0.25, 0.3) is 11.8 Å². The van der Waals surface area contributed by atoms with Crippen LogP contribution in [0.2, 0.25) is 0 Å². The molecule has 1 aromatic heterocycles. The molecular weight excluding hydrogens is 356 g/mol. The van der Waals surface area contributed by atoms with E-state index >= 15 is 0 Å². The number of aromatic amines is 1. The van der Waals surface area contributed by atoms with Crippen LogP contribution in [0.4, 0.5) is 14.6 Å². The molecule has 0 saturated heterocycles. The monoisotopic (exact) mass is 377 g/mol. The lowest BCUT2D eigenvalue weighted by Crippen LogP contribution is -2.38. The van der Waals surface area contributed by atoms with E-state index in [1.165, 1.54) is 6.20 Å². The van der Waals surface area contributed by atoms with Crippen LogP contribution in [0.3, 0.4) is 0 Å². The largest absolute Gasteiger partial charge is 0.349 e. The average molecular weight is 377 g/mol. The maximum atomic E-state index is 13.7. The van der Waals surface area contributed by atoms with Crippen molar-refractivity contribution in [2.24, 2.45) is 11.7 Å². The Labute approximate surface area is 154 Å². The summed E-state index contributed by atoms with van der Waals surface area (Å²) in [5.74, 6) is -2.94. The highest BCUT2D eigenvalue weighted by Crippen LogP contribution is 2.24. The number of H-pyrrole nitrogens is 1. The molecule has 2 aromatic rings. The number of nitrogens with zero attached hydrogens (tertiary/aromatic N) is 1. The van der Waals surface area contributed by atoms with Gasteiger partial charge in [0.05, 0.1) is 6.20 Å². The number of benzene rings is 1. The summed E-state index contributed by atoms with van der Waals surface area (Å²) in [6.07, 6.45) is 4.81. The molecule has 1 aliphatic carbocycles. The number of nitrogens with two attached hydrogens (primary N) is 1. The van der Waals surface area contributed by atoms with Crippen molar-refractivity contribution in [1.29, 1.82) is 0 Å². The highest BCUT2D eigenvalue weighted by Gasteiger charge is 2.25. The van der Waals surface area contributed by atoms with Crippen molar-refractivity contribution in [3.63, 3.8) is 0 Å². The van der Waals surface area contributed by atoms with E-state index < -0.39 is 29.0 Å². The number of halogens is 2. The van der Waals surface area contributed by atoms with Crippen molar-refractivity contribution in [1.82, 2.24) is 15.5 Å². The second-order valence-electron chi connectivity index (χ2n) is 6.64. The third kappa shape index (κ3) is 4.30. The van der Waals surface area contributed by atoms with Crippen LogP contribution in [0.5, 0.6) is 0 Å². The van der Waals surface area contributed by atoms with Crippen molar-refractivity contribution in [3.8, 4) is 0 Å². The lowest BCUT2D eigenvalue weighted by molar-refractivity contribution is 0.0923. The van der Waals surface area contributed by atoms with Crippen molar-refractivity contribution >= 4 is 17.6 Å². The Hall–Kier alpha value is -2.81. The zero-order chi connectivity index (χ0) is 19.4. The molecule has 0 spiro atoms. The third-order valence-electron chi connectivity index (χ3n) is 4.83. The zero-order valence-electron chi connectivity index (χ0n) is 14.6. The van der Waals surface area contributed by atoms with E-state index in [4.69, 9.17) is 5.73 Å². The van der Waals surface area contributed by atoms with Crippen LogP contribution in [0.15, 0.2) is 24.4 Å². The molecule has 27 heavy (non-hydrogen) atoms. The minimum atomic E-state index is -1.01. The highest BCUT2D eigenvalue weighted by atomic mass is 19.1. The van der Waals surface area contributed by atoms with Crippen molar-refractivity contribution < 1.29 is 18.4 Å². The summed E-state index contributed by atoms with van der Waals surface area (Å²) >= 11 is 0. The van der Waals surface area contributed by atoms with Gasteiger partial charge in [0, 0.05) is 6.04 Å². The molecule has 9 heteroatoms. The standard InChI is InChI=1S/C18H21F2N5O2/c19-13-2-1-3-14(20)15(13)18(27)24-16-12(9-22-25-16)17(26)23-11-6-4-10(8-21)5-7-11/h1-3,9-11H,4-8,21H2,(H,23,26)(H2,22,24,25,27). The van der Waals surface area contributed by atoms with Gasteiger partial charge in [-0.1, -0.05) is 6.07 Å². The van der Waals surface area contributed by atoms with Gasteiger partial charge < -0.3 is 16.4 Å². The number of nitrogens with one attached hydrogen (secondary N) is 3. The normalized spacial score (nSPS) is 19.5. The van der Waals surface area contributed by atoms with Gasteiger partial charge >= 0.3 is 0 Å². The summed E-state index contributed by atoms with van der Waals surface area (Å²) in [4.78, 5) is 24.7. The Morgan fingerprint density at radius 3 is 2.44 bits per heavy atom. The lowest BCUT2D eigenvalue weighted by Gasteiger charge is -2.28. The smallest absolute Gasteiger partial charge is 0.262 e. The van der Waals surface area contributed by atoms with Gasteiger partial charge in [-0.3, -0.25) is 14.7 Å². The van der Waals surface area contributed by atoms with Crippen molar-refractivity contribution in [3.05, 3.63) is 47.2 Å². The number of anilines is 1. The fraction of sp³-hybridized carbons (Fsp3) is 0.389. The molecule has 7 nitrogen and oxygen atoms in total. The Kier molecular flexibility index (Phi) is 5.80. The number of carbonyl (C=O) groups excluding carboxylic acids is 2. The van der Waals surface area contributed by atoms with Crippen LogP contribution in [0, 0.1) is 17.6 Å². The van der Waals surface area contributed by atoms with Crippen LogP contribution < -0.4 is 16.4 Å². The van der Waals surface area contributed by atoms with Gasteiger partial charge in [0.15, 0.2) is 0 Å². The SMILES string of the molecule is NCC1CCC(NC(=O)c2cn[nH]c2NC(=O)c2c(F)cccc2F)CC1. The molecule has 3 rings (SSSR count). The van der Waals surface area contributed by atoms with Crippen LogP contribution in [0.1, 0.15) is 46.4 Å². The number of amides is 2. The van der Waals surface area contributed by atoms with Crippen LogP contribution in [0.25, 0.3) is 0 Å². The lowest BCUT2D eigenvalue weighted by atomic mass is 9.86. The molecule has 2 amide bonds. The fourth-order valence-corrected chi connectivity index (χ4v) is 3.25. The van der Waals surface area contributed by atoms with Gasteiger partial charge in [-0.25, -0.2) is 8.78 Å². The Balaban J connectivity index is 1.67. The Morgan fingerprint density at radius 1 is 1.15 bits per heavy atom. The maximum Gasteiger partial charge on any atom is 0.262 e. The fourth-order valence-electron chi connectivity index (χ4n) is 3.25. The first-order chi connectivity index (χ1) is 13.0. The minimum absolute atomic E-state index is 0.0164. The predicted octanol–water partition coefficient (Wildman–Crippen LogP) is 2.19. The molecule has 144 valence electrons. The number of rotatable bonds is 5.